The zero-order valence-corrected chi connectivity index (χ0v) is 12.1. The Bertz CT molecular complexity index is 606. The molecule has 0 bridgehead atoms. The second-order valence-electron chi connectivity index (χ2n) is 4.67. The van der Waals surface area contributed by atoms with Gasteiger partial charge in [-0.15, -0.1) is 0 Å². The van der Waals surface area contributed by atoms with Gasteiger partial charge in [-0.3, -0.25) is 9.69 Å². The number of nitrogens with one attached hydrogen (secondary N) is 1. The Kier molecular flexibility index (Phi) is 5.09. The molecule has 124 valence electrons. The number of alkyl halides is 2. The van der Waals surface area contributed by atoms with Gasteiger partial charge >= 0.3 is 18.6 Å². The second-order valence-corrected chi connectivity index (χ2v) is 4.67. The van der Waals surface area contributed by atoms with E-state index in [-0.39, 0.29) is 17.9 Å². The fraction of sp³-hybridized carbons (Fsp3) is 0.357. The molecule has 1 fully saturated rings. The van der Waals surface area contributed by atoms with Crippen molar-refractivity contribution in [3.8, 4) is 5.75 Å². The van der Waals surface area contributed by atoms with E-state index in [1.54, 1.807) is 0 Å². The monoisotopic (exact) mass is 328 g/mol. The lowest BCUT2D eigenvalue weighted by Gasteiger charge is -2.18. The summed E-state index contributed by atoms with van der Waals surface area (Å²) in [5, 5.41) is 2.46. The Balaban J connectivity index is 1.95. The highest BCUT2D eigenvalue weighted by atomic mass is 19.3. The lowest BCUT2D eigenvalue weighted by Crippen LogP contribution is -2.41. The van der Waals surface area contributed by atoms with Gasteiger partial charge in [0.1, 0.15) is 5.75 Å². The van der Waals surface area contributed by atoms with Crippen LogP contribution in [0.4, 0.5) is 13.6 Å². The predicted octanol–water partition coefficient (Wildman–Crippen LogP) is 1.39. The van der Waals surface area contributed by atoms with Crippen molar-refractivity contribution >= 4 is 17.9 Å². The van der Waals surface area contributed by atoms with Gasteiger partial charge in [0.2, 0.25) is 0 Å². The van der Waals surface area contributed by atoms with Crippen molar-refractivity contribution in [3.05, 3.63) is 29.8 Å². The number of urea groups is 1. The van der Waals surface area contributed by atoms with Crippen LogP contribution in [0.15, 0.2) is 24.3 Å². The number of esters is 1. The number of benzene rings is 1. The summed E-state index contributed by atoms with van der Waals surface area (Å²) in [5.74, 6) is -1.55. The van der Waals surface area contributed by atoms with Gasteiger partial charge in [-0.25, -0.2) is 9.59 Å². The third-order valence-electron chi connectivity index (χ3n) is 3.07. The van der Waals surface area contributed by atoms with Crippen LogP contribution in [0.25, 0.3) is 0 Å². The summed E-state index contributed by atoms with van der Waals surface area (Å²) in [7, 11) is 0. The van der Waals surface area contributed by atoms with Crippen LogP contribution in [0.5, 0.6) is 5.75 Å². The van der Waals surface area contributed by atoms with Crippen molar-refractivity contribution in [3.63, 3.8) is 0 Å². The smallest absolute Gasteiger partial charge is 0.387 e. The summed E-state index contributed by atoms with van der Waals surface area (Å²) >= 11 is 0. The number of rotatable bonds is 5. The summed E-state index contributed by atoms with van der Waals surface area (Å²) in [6, 6.07) is 4.30. The van der Waals surface area contributed by atoms with Gasteiger partial charge in [0, 0.05) is 13.1 Å². The van der Waals surface area contributed by atoms with E-state index in [1.807, 2.05) is 0 Å². The number of hydrogen-bond acceptors (Lipinski definition) is 5. The van der Waals surface area contributed by atoms with E-state index < -0.39 is 30.6 Å². The van der Waals surface area contributed by atoms with Gasteiger partial charge in [-0.05, 0) is 31.2 Å². The SMILES string of the molecule is C[C@H](OC(=O)c1ccc(OC(F)F)cc1)C(=O)N1CCNC1=O. The third kappa shape index (κ3) is 4.15. The van der Waals surface area contributed by atoms with Crippen LogP contribution in [0, 0.1) is 0 Å². The normalized spacial score (nSPS) is 15.3. The van der Waals surface area contributed by atoms with Gasteiger partial charge in [-0.1, -0.05) is 0 Å². The van der Waals surface area contributed by atoms with E-state index in [1.165, 1.54) is 31.2 Å². The Morgan fingerprint density at radius 2 is 1.91 bits per heavy atom. The molecule has 0 aromatic heterocycles. The summed E-state index contributed by atoms with van der Waals surface area (Å²) in [4.78, 5) is 36.2. The van der Waals surface area contributed by atoms with Crippen molar-refractivity contribution in [2.24, 2.45) is 0 Å². The molecule has 0 unspecified atom stereocenters. The average Bonchev–Trinajstić information content (AvgIpc) is 2.92. The average molecular weight is 328 g/mol. The largest absolute Gasteiger partial charge is 0.449 e. The van der Waals surface area contributed by atoms with Gasteiger partial charge in [0.25, 0.3) is 5.91 Å². The summed E-state index contributed by atoms with van der Waals surface area (Å²) in [5.41, 5.74) is 0.0668. The van der Waals surface area contributed by atoms with E-state index >= 15 is 0 Å². The highest BCUT2D eigenvalue weighted by Gasteiger charge is 2.31. The number of imide groups is 1. The topological polar surface area (TPSA) is 84.9 Å². The molecule has 0 aliphatic carbocycles. The molecule has 0 radical (unpaired) electrons. The molecule has 3 amide bonds. The molecule has 1 saturated heterocycles. The maximum atomic E-state index is 12.0. The predicted molar refractivity (Wildman–Crippen MR) is 73.1 cm³/mol. The van der Waals surface area contributed by atoms with Crippen LogP contribution in [0.1, 0.15) is 17.3 Å². The van der Waals surface area contributed by atoms with Gasteiger partial charge < -0.3 is 14.8 Å². The van der Waals surface area contributed by atoms with Crippen LogP contribution in [0.3, 0.4) is 0 Å². The van der Waals surface area contributed by atoms with E-state index in [2.05, 4.69) is 10.1 Å². The first kappa shape index (κ1) is 16.7. The van der Waals surface area contributed by atoms with Crippen LogP contribution in [-0.2, 0) is 9.53 Å². The van der Waals surface area contributed by atoms with E-state index in [0.717, 1.165) is 4.90 Å². The van der Waals surface area contributed by atoms with Crippen molar-refractivity contribution in [2.75, 3.05) is 13.1 Å². The fourth-order valence-corrected chi connectivity index (χ4v) is 1.95. The molecule has 1 atom stereocenters. The molecule has 1 aromatic rings. The minimum Gasteiger partial charge on any atom is -0.449 e. The summed E-state index contributed by atoms with van der Waals surface area (Å²) < 4.78 is 33.2. The maximum Gasteiger partial charge on any atom is 0.387 e. The molecule has 2 rings (SSSR count). The molecule has 0 saturated carbocycles. The minimum atomic E-state index is -2.96. The lowest BCUT2D eigenvalue weighted by molar-refractivity contribution is -0.136. The van der Waals surface area contributed by atoms with Crippen molar-refractivity contribution < 1.29 is 32.6 Å². The number of hydrogen-bond donors (Lipinski definition) is 1. The molecule has 1 aromatic carbocycles. The van der Waals surface area contributed by atoms with Crippen LogP contribution in [0.2, 0.25) is 0 Å². The number of carbonyl (C=O) groups excluding carboxylic acids is 3. The first-order chi connectivity index (χ1) is 10.9. The first-order valence-electron chi connectivity index (χ1n) is 6.73. The molecule has 9 heteroatoms. The molecule has 0 spiro atoms. The van der Waals surface area contributed by atoms with E-state index in [4.69, 9.17) is 4.74 Å². The highest BCUT2D eigenvalue weighted by Crippen LogP contribution is 2.16. The van der Waals surface area contributed by atoms with Gasteiger partial charge in [0.05, 0.1) is 5.56 Å². The molecular formula is C14H14F2N2O5. The Morgan fingerprint density at radius 1 is 1.26 bits per heavy atom. The lowest BCUT2D eigenvalue weighted by atomic mass is 10.2. The van der Waals surface area contributed by atoms with Crippen LogP contribution < -0.4 is 10.1 Å². The molecule has 1 aliphatic heterocycles. The molecule has 1 N–H and O–H groups in total. The number of nitrogens with zero attached hydrogens (tertiary/aromatic N) is 1. The number of ether oxygens (including phenoxy) is 2. The van der Waals surface area contributed by atoms with Crippen LogP contribution in [-0.4, -0.2) is 48.6 Å². The Hall–Kier alpha value is -2.71. The van der Waals surface area contributed by atoms with Crippen LogP contribution >= 0.6 is 0 Å². The fourth-order valence-electron chi connectivity index (χ4n) is 1.95. The van der Waals surface area contributed by atoms with Gasteiger partial charge in [0.15, 0.2) is 6.10 Å². The second kappa shape index (κ2) is 7.03. The Labute approximate surface area is 130 Å². The number of halogens is 2. The molecule has 1 heterocycles. The van der Waals surface area contributed by atoms with Crippen molar-refractivity contribution in [1.82, 2.24) is 10.2 Å². The minimum absolute atomic E-state index is 0.0668. The third-order valence-corrected chi connectivity index (χ3v) is 3.07. The highest BCUT2D eigenvalue weighted by molar-refractivity contribution is 5.99. The summed E-state index contributed by atoms with van der Waals surface area (Å²) in [6.07, 6.45) is -1.15. The van der Waals surface area contributed by atoms with Gasteiger partial charge in [-0.2, -0.15) is 8.78 Å². The first-order valence-corrected chi connectivity index (χ1v) is 6.73. The summed E-state index contributed by atoms with van der Waals surface area (Å²) in [6.45, 7) is -1.06. The molecule has 23 heavy (non-hydrogen) atoms. The van der Waals surface area contributed by atoms with Crippen molar-refractivity contribution in [1.29, 1.82) is 0 Å². The van der Waals surface area contributed by atoms with E-state index in [0.29, 0.717) is 6.54 Å². The standard InChI is InChI=1S/C14H14F2N2O5/c1-8(11(19)18-7-6-17-14(18)21)22-12(20)9-2-4-10(5-3-9)23-13(15)16/h2-5,8,13H,6-7H2,1H3,(H,17,21)/t8-/m0/s1. The van der Waals surface area contributed by atoms with Crippen molar-refractivity contribution in [2.45, 2.75) is 19.6 Å². The maximum absolute atomic E-state index is 12.0. The number of amides is 3. The zero-order valence-electron chi connectivity index (χ0n) is 12.1. The number of carbonyl (C=O) groups is 3. The molecular weight excluding hydrogens is 314 g/mol. The molecule has 7 nitrogen and oxygen atoms in total. The van der Waals surface area contributed by atoms with E-state index in [9.17, 15) is 23.2 Å². The Morgan fingerprint density at radius 3 is 2.43 bits per heavy atom. The quantitative estimate of drug-likeness (QED) is 0.826. The molecule has 1 aliphatic rings. The zero-order chi connectivity index (χ0) is 17.0.